The van der Waals surface area contributed by atoms with Crippen molar-refractivity contribution in [2.75, 3.05) is 0 Å². The maximum atomic E-state index is 13.2. The lowest BCUT2D eigenvalue weighted by atomic mass is 10.1. The number of aromatic nitrogens is 2. The Morgan fingerprint density at radius 1 is 1.53 bits per heavy atom. The number of hydrogen-bond donors (Lipinski definition) is 1. The highest BCUT2D eigenvalue weighted by atomic mass is 19.1. The topological polar surface area (TPSA) is 67.6 Å². The molecule has 2 N–H and O–H groups in total. The zero-order valence-corrected chi connectivity index (χ0v) is 9.26. The molecule has 1 atom stereocenters. The smallest absolute Gasteiger partial charge is 0.217 e. The van der Waals surface area contributed by atoms with Crippen molar-refractivity contribution >= 4 is 0 Å². The predicted molar refractivity (Wildman–Crippen MR) is 60.8 cm³/mol. The molecular weight excluding hydrogens is 219 g/mol. The standard InChI is InChI=1S/C12H11FN4/c1-8(15)10-6-9(13)2-3-11(10)17-5-4-16-12(17)7-14/h2-6,8H,15H2,1H3/t8-/m0/s1. The summed E-state index contributed by atoms with van der Waals surface area (Å²) in [5.74, 6) is -0.0989. The molecule has 86 valence electrons. The van der Waals surface area contributed by atoms with E-state index >= 15 is 0 Å². The van der Waals surface area contributed by atoms with Crippen molar-refractivity contribution in [3.8, 4) is 11.8 Å². The number of nitriles is 1. The lowest BCUT2D eigenvalue weighted by molar-refractivity contribution is 0.621. The van der Waals surface area contributed by atoms with Crippen LogP contribution in [0.15, 0.2) is 30.6 Å². The van der Waals surface area contributed by atoms with Crippen molar-refractivity contribution in [1.29, 1.82) is 5.26 Å². The highest BCUT2D eigenvalue weighted by Crippen LogP contribution is 2.22. The summed E-state index contributed by atoms with van der Waals surface area (Å²) in [5.41, 5.74) is 7.11. The van der Waals surface area contributed by atoms with Gasteiger partial charge in [0.15, 0.2) is 0 Å². The molecule has 2 rings (SSSR count). The molecule has 1 aromatic carbocycles. The van der Waals surface area contributed by atoms with Gasteiger partial charge >= 0.3 is 0 Å². The van der Waals surface area contributed by atoms with Gasteiger partial charge in [-0.1, -0.05) is 0 Å². The van der Waals surface area contributed by atoms with Crippen LogP contribution in [-0.4, -0.2) is 9.55 Å². The first-order chi connectivity index (χ1) is 8.13. The van der Waals surface area contributed by atoms with Gasteiger partial charge in [0.1, 0.15) is 11.9 Å². The molecule has 0 unspecified atom stereocenters. The maximum Gasteiger partial charge on any atom is 0.217 e. The second kappa shape index (κ2) is 4.36. The van der Waals surface area contributed by atoms with Gasteiger partial charge in [-0.15, -0.1) is 0 Å². The third-order valence-electron chi connectivity index (χ3n) is 2.48. The minimum absolute atomic E-state index is 0.249. The fraction of sp³-hybridized carbons (Fsp3) is 0.167. The van der Waals surface area contributed by atoms with Crippen molar-refractivity contribution in [2.45, 2.75) is 13.0 Å². The Kier molecular flexibility index (Phi) is 2.90. The molecule has 0 aliphatic rings. The van der Waals surface area contributed by atoms with E-state index in [0.717, 1.165) is 0 Å². The molecule has 0 spiro atoms. The van der Waals surface area contributed by atoms with E-state index in [1.54, 1.807) is 23.8 Å². The van der Waals surface area contributed by atoms with Crippen LogP contribution in [0.3, 0.4) is 0 Å². The van der Waals surface area contributed by atoms with E-state index in [2.05, 4.69) is 4.98 Å². The Balaban J connectivity index is 2.64. The zero-order valence-electron chi connectivity index (χ0n) is 9.26. The minimum atomic E-state index is -0.348. The summed E-state index contributed by atoms with van der Waals surface area (Å²) in [7, 11) is 0. The number of nitrogens with two attached hydrogens (primary N) is 1. The third kappa shape index (κ3) is 2.03. The molecule has 4 nitrogen and oxygen atoms in total. The Labute approximate surface area is 98.1 Å². The quantitative estimate of drug-likeness (QED) is 0.856. The van der Waals surface area contributed by atoms with Gasteiger partial charge in [-0.3, -0.25) is 4.57 Å². The molecule has 0 saturated heterocycles. The van der Waals surface area contributed by atoms with Crippen LogP contribution in [0.4, 0.5) is 4.39 Å². The average molecular weight is 230 g/mol. The van der Waals surface area contributed by atoms with Gasteiger partial charge in [-0.25, -0.2) is 9.37 Å². The molecule has 2 aromatic rings. The third-order valence-corrected chi connectivity index (χ3v) is 2.48. The lowest BCUT2D eigenvalue weighted by Gasteiger charge is -2.13. The lowest BCUT2D eigenvalue weighted by Crippen LogP contribution is -2.11. The SMILES string of the molecule is C[C@H](N)c1cc(F)ccc1-n1ccnc1C#N. The highest BCUT2D eigenvalue weighted by Gasteiger charge is 2.12. The second-order valence-electron chi connectivity index (χ2n) is 3.72. The second-order valence-corrected chi connectivity index (χ2v) is 3.72. The van der Waals surface area contributed by atoms with Crippen LogP contribution >= 0.6 is 0 Å². The van der Waals surface area contributed by atoms with Gasteiger partial charge in [0, 0.05) is 18.4 Å². The number of imidazole rings is 1. The number of benzene rings is 1. The van der Waals surface area contributed by atoms with Gasteiger partial charge in [0.2, 0.25) is 5.82 Å². The summed E-state index contributed by atoms with van der Waals surface area (Å²) < 4.78 is 14.8. The number of halogens is 1. The van der Waals surface area contributed by atoms with Crippen molar-refractivity contribution < 1.29 is 4.39 Å². The van der Waals surface area contributed by atoms with E-state index < -0.39 is 0 Å². The fourth-order valence-electron chi connectivity index (χ4n) is 1.69. The summed E-state index contributed by atoms with van der Waals surface area (Å²) in [4.78, 5) is 3.90. The van der Waals surface area contributed by atoms with Crippen molar-refractivity contribution in [3.63, 3.8) is 0 Å². The summed E-state index contributed by atoms with van der Waals surface area (Å²) in [6.45, 7) is 1.77. The van der Waals surface area contributed by atoms with Gasteiger partial charge in [0.05, 0.1) is 5.69 Å². The predicted octanol–water partition coefficient (Wildman–Crippen LogP) is 1.90. The summed E-state index contributed by atoms with van der Waals surface area (Å²) in [6.07, 6.45) is 3.17. The molecule has 1 aromatic heterocycles. The van der Waals surface area contributed by atoms with Crippen LogP contribution in [0.25, 0.3) is 5.69 Å². The molecule has 0 bridgehead atoms. The molecule has 17 heavy (non-hydrogen) atoms. The van der Waals surface area contributed by atoms with E-state index in [1.807, 2.05) is 6.07 Å². The Morgan fingerprint density at radius 3 is 2.94 bits per heavy atom. The highest BCUT2D eigenvalue weighted by molar-refractivity contribution is 5.45. The Bertz CT molecular complexity index is 580. The normalized spacial score (nSPS) is 12.1. The number of hydrogen-bond acceptors (Lipinski definition) is 3. The first-order valence-corrected chi connectivity index (χ1v) is 5.12. The largest absolute Gasteiger partial charge is 0.324 e. The fourth-order valence-corrected chi connectivity index (χ4v) is 1.69. The van der Waals surface area contributed by atoms with Gasteiger partial charge in [-0.2, -0.15) is 5.26 Å². The molecule has 0 aliphatic heterocycles. The van der Waals surface area contributed by atoms with E-state index in [0.29, 0.717) is 11.3 Å². The molecule has 0 aliphatic carbocycles. The molecule has 0 fully saturated rings. The average Bonchev–Trinajstić information content (AvgIpc) is 2.76. The monoisotopic (exact) mass is 230 g/mol. The summed E-state index contributed by atoms with van der Waals surface area (Å²) in [6, 6.07) is 5.95. The first-order valence-electron chi connectivity index (χ1n) is 5.12. The minimum Gasteiger partial charge on any atom is -0.324 e. The van der Waals surface area contributed by atoms with Crippen LogP contribution in [-0.2, 0) is 0 Å². The molecule has 1 heterocycles. The summed E-state index contributed by atoms with van der Waals surface area (Å²) >= 11 is 0. The Morgan fingerprint density at radius 2 is 2.29 bits per heavy atom. The van der Waals surface area contributed by atoms with E-state index in [4.69, 9.17) is 11.0 Å². The summed E-state index contributed by atoms with van der Waals surface area (Å²) in [5, 5.41) is 8.91. The van der Waals surface area contributed by atoms with Gasteiger partial charge in [0.25, 0.3) is 0 Å². The molecule has 0 radical (unpaired) electrons. The van der Waals surface area contributed by atoms with Crippen molar-refractivity contribution in [2.24, 2.45) is 5.73 Å². The molecular formula is C12H11FN4. The zero-order chi connectivity index (χ0) is 12.4. The van der Waals surface area contributed by atoms with Crippen LogP contribution in [0.5, 0.6) is 0 Å². The number of nitrogens with zero attached hydrogens (tertiary/aromatic N) is 3. The van der Waals surface area contributed by atoms with Gasteiger partial charge in [-0.05, 0) is 30.7 Å². The molecule has 5 heteroatoms. The van der Waals surface area contributed by atoms with E-state index in [9.17, 15) is 4.39 Å². The Hall–Kier alpha value is -2.19. The van der Waals surface area contributed by atoms with Crippen molar-refractivity contribution in [1.82, 2.24) is 9.55 Å². The van der Waals surface area contributed by atoms with E-state index in [-0.39, 0.29) is 17.7 Å². The van der Waals surface area contributed by atoms with Crippen LogP contribution in [0, 0.1) is 17.1 Å². The van der Waals surface area contributed by atoms with Crippen LogP contribution in [0.1, 0.15) is 24.4 Å². The van der Waals surface area contributed by atoms with Crippen molar-refractivity contribution in [3.05, 3.63) is 47.8 Å². The molecule has 0 saturated carbocycles. The first kappa shape index (κ1) is 11.3. The maximum absolute atomic E-state index is 13.2. The van der Waals surface area contributed by atoms with E-state index in [1.165, 1.54) is 18.3 Å². The molecule has 0 amide bonds. The van der Waals surface area contributed by atoms with Gasteiger partial charge < -0.3 is 5.73 Å². The van der Waals surface area contributed by atoms with Crippen LogP contribution in [0.2, 0.25) is 0 Å². The van der Waals surface area contributed by atoms with Crippen LogP contribution < -0.4 is 5.73 Å². The number of rotatable bonds is 2.